The van der Waals surface area contributed by atoms with Crippen LogP contribution in [0.25, 0.3) is 0 Å². The number of rotatable bonds is 3. The summed E-state index contributed by atoms with van der Waals surface area (Å²) >= 11 is 1.34. The standard InChI is InChI=1S/C17H19FN4O2S/c1-10-19-17-22(20-10)16(24)15(25-17)14(12-4-2-3-5-13(12)18)21-8-6-11(23)7-9-21/h2-5,11,14-15,23H,6-9H2,1H3. The Bertz CT molecular complexity index is 804. The van der Waals surface area contributed by atoms with Gasteiger partial charge in [-0.2, -0.15) is 4.68 Å². The molecule has 1 aromatic heterocycles. The van der Waals surface area contributed by atoms with E-state index in [-0.39, 0.29) is 17.8 Å². The summed E-state index contributed by atoms with van der Waals surface area (Å²) in [7, 11) is 0. The Morgan fingerprint density at radius 2 is 2.04 bits per heavy atom. The highest BCUT2D eigenvalue weighted by Gasteiger charge is 2.44. The molecule has 8 heteroatoms. The molecule has 0 spiro atoms. The van der Waals surface area contributed by atoms with Crippen molar-refractivity contribution in [2.75, 3.05) is 13.1 Å². The minimum absolute atomic E-state index is 0.167. The van der Waals surface area contributed by atoms with E-state index >= 15 is 0 Å². The summed E-state index contributed by atoms with van der Waals surface area (Å²) in [6.45, 7) is 2.99. The minimum atomic E-state index is -0.497. The zero-order valence-corrected chi connectivity index (χ0v) is 14.6. The number of piperidine rings is 1. The van der Waals surface area contributed by atoms with E-state index in [1.807, 2.05) is 0 Å². The first-order chi connectivity index (χ1) is 12.0. The number of carbonyl (C=O) groups is 1. The number of likely N-dealkylation sites (tertiary alicyclic amines) is 1. The first kappa shape index (κ1) is 16.7. The highest BCUT2D eigenvalue weighted by molar-refractivity contribution is 8.00. The van der Waals surface area contributed by atoms with Crippen LogP contribution >= 0.6 is 11.8 Å². The molecule has 0 amide bonds. The fourth-order valence-corrected chi connectivity index (χ4v) is 4.82. The van der Waals surface area contributed by atoms with Gasteiger partial charge >= 0.3 is 0 Å². The van der Waals surface area contributed by atoms with E-state index in [1.165, 1.54) is 22.5 Å². The van der Waals surface area contributed by atoms with Crippen LogP contribution in [0.2, 0.25) is 0 Å². The number of fused-ring (bicyclic) bond motifs is 1. The van der Waals surface area contributed by atoms with Gasteiger partial charge < -0.3 is 5.11 Å². The highest BCUT2D eigenvalue weighted by Crippen LogP contribution is 2.42. The van der Waals surface area contributed by atoms with E-state index < -0.39 is 11.3 Å². The number of aliphatic hydroxyl groups is 1. The SMILES string of the molecule is Cc1nc2n(n1)C(=O)C(C(c1ccccc1F)N1CCC(O)CC1)S2. The molecule has 1 aromatic carbocycles. The second kappa shape index (κ2) is 6.51. The Labute approximate surface area is 149 Å². The van der Waals surface area contributed by atoms with Crippen molar-refractivity contribution in [3.8, 4) is 0 Å². The number of halogens is 1. The van der Waals surface area contributed by atoms with Gasteiger partial charge in [0.25, 0.3) is 5.91 Å². The molecule has 0 aliphatic carbocycles. The number of aromatic nitrogens is 3. The summed E-state index contributed by atoms with van der Waals surface area (Å²) in [5, 5.41) is 14.0. The Morgan fingerprint density at radius 3 is 2.72 bits per heavy atom. The van der Waals surface area contributed by atoms with Crippen LogP contribution in [-0.2, 0) is 0 Å². The molecule has 1 saturated heterocycles. The average Bonchev–Trinajstić information content (AvgIpc) is 3.09. The number of aliphatic hydroxyl groups excluding tert-OH is 1. The van der Waals surface area contributed by atoms with E-state index in [0.717, 1.165) is 0 Å². The summed E-state index contributed by atoms with van der Waals surface area (Å²) in [6, 6.07) is 6.19. The Morgan fingerprint density at radius 1 is 1.32 bits per heavy atom. The molecule has 0 radical (unpaired) electrons. The first-order valence-corrected chi connectivity index (χ1v) is 9.23. The lowest BCUT2D eigenvalue weighted by molar-refractivity contribution is 0.0544. The van der Waals surface area contributed by atoms with Gasteiger partial charge in [-0.25, -0.2) is 9.37 Å². The zero-order valence-electron chi connectivity index (χ0n) is 13.8. The van der Waals surface area contributed by atoms with Crippen LogP contribution in [-0.4, -0.2) is 55.1 Å². The molecular formula is C17H19FN4O2S. The largest absolute Gasteiger partial charge is 0.393 e. The van der Waals surface area contributed by atoms with Crippen LogP contribution in [0.15, 0.2) is 29.4 Å². The third-order valence-electron chi connectivity index (χ3n) is 4.77. The van der Waals surface area contributed by atoms with Crippen LogP contribution in [0.1, 0.15) is 35.1 Å². The van der Waals surface area contributed by atoms with Gasteiger partial charge in [0.1, 0.15) is 16.9 Å². The van der Waals surface area contributed by atoms with Gasteiger partial charge in [-0.1, -0.05) is 30.0 Å². The summed E-state index contributed by atoms with van der Waals surface area (Å²) in [5.74, 6) is 0.0681. The monoisotopic (exact) mass is 362 g/mol. The van der Waals surface area contributed by atoms with Gasteiger partial charge in [-0.3, -0.25) is 9.69 Å². The number of hydrogen-bond acceptors (Lipinski definition) is 6. The van der Waals surface area contributed by atoms with Crippen molar-refractivity contribution in [3.05, 3.63) is 41.5 Å². The van der Waals surface area contributed by atoms with E-state index in [2.05, 4.69) is 15.0 Å². The maximum absolute atomic E-state index is 14.5. The van der Waals surface area contributed by atoms with Crippen molar-refractivity contribution in [2.24, 2.45) is 0 Å². The van der Waals surface area contributed by atoms with Gasteiger partial charge in [0, 0.05) is 18.7 Å². The molecule has 4 rings (SSSR count). The van der Waals surface area contributed by atoms with Crippen LogP contribution < -0.4 is 0 Å². The van der Waals surface area contributed by atoms with Crippen LogP contribution in [0.4, 0.5) is 4.39 Å². The summed E-state index contributed by atoms with van der Waals surface area (Å²) in [6.07, 6.45) is 0.917. The molecule has 3 heterocycles. The second-order valence-electron chi connectivity index (χ2n) is 6.46. The predicted molar refractivity (Wildman–Crippen MR) is 91.0 cm³/mol. The molecule has 2 aliphatic heterocycles. The minimum Gasteiger partial charge on any atom is -0.393 e. The molecule has 0 bridgehead atoms. The molecule has 6 nitrogen and oxygen atoms in total. The van der Waals surface area contributed by atoms with E-state index in [4.69, 9.17) is 0 Å². The second-order valence-corrected chi connectivity index (χ2v) is 7.57. The van der Waals surface area contributed by atoms with Gasteiger partial charge in [-0.05, 0) is 25.8 Å². The zero-order chi connectivity index (χ0) is 17.6. The molecule has 25 heavy (non-hydrogen) atoms. The molecule has 1 fully saturated rings. The van der Waals surface area contributed by atoms with E-state index in [1.54, 1.807) is 25.1 Å². The fraction of sp³-hybridized carbons (Fsp3) is 0.471. The van der Waals surface area contributed by atoms with Crippen molar-refractivity contribution < 1.29 is 14.3 Å². The fourth-order valence-electron chi connectivity index (χ4n) is 3.53. The van der Waals surface area contributed by atoms with Crippen molar-refractivity contribution in [1.82, 2.24) is 19.7 Å². The lowest BCUT2D eigenvalue weighted by atomic mass is 9.97. The Hall–Kier alpha value is -1.77. The lowest BCUT2D eigenvalue weighted by Gasteiger charge is -2.38. The van der Waals surface area contributed by atoms with Crippen LogP contribution in [0, 0.1) is 12.7 Å². The Kier molecular flexibility index (Phi) is 4.35. The molecule has 2 aliphatic rings. The molecule has 0 saturated carbocycles. The lowest BCUT2D eigenvalue weighted by Crippen LogP contribution is -2.44. The van der Waals surface area contributed by atoms with Crippen molar-refractivity contribution >= 4 is 17.7 Å². The first-order valence-electron chi connectivity index (χ1n) is 8.35. The van der Waals surface area contributed by atoms with Crippen molar-refractivity contribution in [3.63, 3.8) is 0 Å². The van der Waals surface area contributed by atoms with Gasteiger partial charge in [-0.15, -0.1) is 5.10 Å². The Balaban J connectivity index is 1.70. The molecule has 2 aromatic rings. The third kappa shape index (κ3) is 2.98. The van der Waals surface area contributed by atoms with Crippen molar-refractivity contribution in [2.45, 2.75) is 42.3 Å². The van der Waals surface area contributed by atoms with Crippen LogP contribution in [0.5, 0.6) is 0 Å². The third-order valence-corrected chi connectivity index (χ3v) is 5.96. The van der Waals surface area contributed by atoms with E-state index in [0.29, 0.717) is 42.5 Å². The van der Waals surface area contributed by atoms with Gasteiger partial charge in [0.05, 0.1) is 12.1 Å². The number of benzene rings is 1. The highest BCUT2D eigenvalue weighted by atomic mass is 32.2. The maximum atomic E-state index is 14.5. The molecule has 132 valence electrons. The summed E-state index contributed by atoms with van der Waals surface area (Å²) < 4.78 is 15.9. The number of hydrogen-bond donors (Lipinski definition) is 1. The van der Waals surface area contributed by atoms with Gasteiger partial charge in [0.15, 0.2) is 5.16 Å². The number of aryl methyl sites for hydroxylation is 1. The summed E-state index contributed by atoms with van der Waals surface area (Å²) in [5.41, 5.74) is 0.507. The molecular weight excluding hydrogens is 343 g/mol. The predicted octanol–water partition coefficient (Wildman–Crippen LogP) is 2.04. The van der Waals surface area contributed by atoms with Crippen molar-refractivity contribution in [1.29, 1.82) is 0 Å². The molecule has 1 N–H and O–H groups in total. The van der Waals surface area contributed by atoms with Gasteiger partial charge in [0.2, 0.25) is 0 Å². The quantitative estimate of drug-likeness (QED) is 0.901. The van der Waals surface area contributed by atoms with Crippen LogP contribution in [0.3, 0.4) is 0 Å². The maximum Gasteiger partial charge on any atom is 0.264 e. The number of carbonyl (C=O) groups excluding carboxylic acids is 1. The number of thioether (sulfide) groups is 1. The normalized spacial score (nSPS) is 23.0. The average molecular weight is 362 g/mol. The molecule has 2 atom stereocenters. The smallest absolute Gasteiger partial charge is 0.264 e. The molecule has 2 unspecified atom stereocenters. The topological polar surface area (TPSA) is 71.2 Å². The summed E-state index contributed by atoms with van der Waals surface area (Å²) in [4.78, 5) is 19.3. The van der Waals surface area contributed by atoms with E-state index in [9.17, 15) is 14.3 Å². The number of nitrogens with zero attached hydrogens (tertiary/aromatic N) is 4.